The molecule has 2 aromatic carbocycles. The molecule has 2 aliphatic rings. The van der Waals surface area contributed by atoms with Gasteiger partial charge in [0.2, 0.25) is 5.91 Å². The zero-order valence-electron chi connectivity index (χ0n) is 16.6. The maximum atomic E-state index is 12.9. The van der Waals surface area contributed by atoms with Gasteiger partial charge in [-0.25, -0.2) is 4.79 Å². The van der Waals surface area contributed by atoms with Crippen LogP contribution in [-0.4, -0.2) is 30.0 Å². The molecule has 1 aliphatic carbocycles. The average molecular weight is 392 g/mol. The first-order chi connectivity index (χ1) is 14.2. The summed E-state index contributed by atoms with van der Waals surface area (Å²) < 4.78 is 5.41. The number of carbonyl (C=O) groups excluding carboxylic acids is 2. The second kappa shape index (κ2) is 9.12. The summed E-state index contributed by atoms with van der Waals surface area (Å²) in [7, 11) is 0. The van der Waals surface area contributed by atoms with E-state index in [1.165, 1.54) is 18.4 Å². The Kier molecular flexibility index (Phi) is 6.13. The van der Waals surface area contributed by atoms with Crippen molar-refractivity contribution in [1.29, 1.82) is 0 Å². The van der Waals surface area contributed by atoms with Gasteiger partial charge in [0.1, 0.15) is 6.61 Å². The smallest absolute Gasteiger partial charge is 0.410 e. The molecule has 2 aromatic rings. The molecule has 0 bridgehead atoms. The van der Waals surface area contributed by atoms with Crippen LogP contribution in [0.25, 0.3) is 0 Å². The Morgan fingerprint density at radius 2 is 1.55 bits per heavy atom. The maximum Gasteiger partial charge on any atom is 0.410 e. The summed E-state index contributed by atoms with van der Waals surface area (Å²) >= 11 is 0. The lowest BCUT2D eigenvalue weighted by Crippen LogP contribution is -2.44. The van der Waals surface area contributed by atoms with Gasteiger partial charge in [-0.1, -0.05) is 60.7 Å². The van der Waals surface area contributed by atoms with E-state index in [4.69, 9.17) is 4.74 Å². The van der Waals surface area contributed by atoms with Gasteiger partial charge in [-0.15, -0.1) is 0 Å². The van der Waals surface area contributed by atoms with Crippen molar-refractivity contribution in [2.45, 2.75) is 38.3 Å². The molecule has 2 fully saturated rings. The van der Waals surface area contributed by atoms with Crippen LogP contribution in [0.1, 0.15) is 42.9 Å². The molecular weight excluding hydrogens is 364 g/mol. The van der Waals surface area contributed by atoms with Crippen molar-refractivity contribution >= 4 is 12.0 Å². The van der Waals surface area contributed by atoms with Crippen LogP contribution in [0.4, 0.5) is 4.79 Å². The average Bonchev–Trinajstić information content (AvgIpc) is 3.62. The van der Waals surface area contributed by atoms with E-state index in [9.17, 15) is 9.59 Å². The van der Waals surface area contributed by atoms with Crippen molar-refractivity contribution in [1.82, 2.24) is 10.2 Å². The molecule has 0 radical (unpaired) electrons. The van der Waals surface area contributed by atoms with Crippen LogP contribution in [0.15, 0.2) is 60.7 Å². The molecule has 29 heavy (non-hydrogen) atoms. The number of benzene rings is 2. The lowest BCUT2D eigenvalue weighted by atomic mass is 9.94. The molecule has 5 nitrogen and oxygen atoms in total. The fraction of sp³-hybridized carbons (Fsp3) is 0.417. The van der Waals surface area contributed by atoms with Gasteiger partial charge in [0.25, 0.3) is 0 Å². The van der Waals surface area contributed by atoms with E-state index in [1.54, 1.807) is 4.90 Å². The third kappa shape index (κ3) is 5.17. The zero-order chi connectivity index (χ0) is 20.1. The first-order valence-electron chi connectivity index (χ1n) is 10.5. The molecule has 1 heterocycles. The molecule has 2 amide bonds. The van der Waals surface area contributed by atoms with E-state index < -0.39 is 0 Å². The number of nitrogens with one attached hydrogen (secondary N) is 1. The maximum absolute atomic E-state index is 12.9. The van der Waals surface area contributed by atoms with E-state index in [0.717, 1.165) is 5.56 Å². The van der Waals surface area contributed by atoms with Gasteiger partial charge in [0.15, 0.2) is 0 Å². The number of hydrogen-bond donors (Lipinski definition) is 1. The van der Waals surface area contributed by atoms with Crippen LogP contribution < -0.4 is 5.32 Å². The largest absolute Gasteiger partial charge is 0.445 e. The molecule has 1 saturated carbocycles. The summed E-state index contributed by atoms with van der Waals surface area (Å²) in [5.41, 5.74) is 2.16. The molecular formula is C24H28N2O3. The third-order valence-corrected chi connectivity index (χ3v) is 5.88. The van der Waals surface area contributed by atoms with Gasteiger partial charge in [0.05, 0.1) is 6.04 Å². The van der Waals surface area contributed by atoms with Crippen LogP contribution in [0.2, 0.25) is 0 Å². The van der Waals surface area contributed by atoms with E-state index >= 15 is 0 Å². The van der Waals surface area contributed by atoms with Crippen LogP contribution in [-0.2, 0) is 16.1 Å². The minimum absolute atomic E-state index is 0.0434. The first kappa shape index (κ1) is 19.5. The number of ether oxygens (including phenoxy) is 1. The molecule has 1 N–H and O–H groups in total. The van der Waals surface area contributed by atoms with E-state index in [0.29, 0.717) is 31.8 Å². The number of likely N-dealkylation sites (tertiary alicyclic amines) is 1. The highest BCUT2D eigenvalue weighted by molar-refractivity contribution is 5.79. The van der Waals surface area contributed by atoms with Crippen molar-refractivity contribution in [2.24, 2.45) is 11.8 Å². The second-order valence-electron chi connectivity index (χ2n) is 8.04. The molecule has 1 atom stereocenters. The normalized spacial score (nSPS) is 18.1. The molecule has 4 rings (SSSR count). The van der Waals surface area contributed by atoms with Gasteiger partial charge in [0, 0.05) is 19.0 Å². The number of nitrogens with zero attached hydrogens (tertiary/aromatic N) is 1. The van der Waals surface area contributed by atoms with Crippen molar-refractivity contribution in [3.05, 3.63) is 71.8 Å². The quantitative estimate of drug-likeness (QED) is 0.797. The molecule has 1 saturated heterocycles. The Morgan fingerprint density at radius 3 is 2.17 bits per heavy atom. The molecule has 0 aromatic heterocycles. The SMILES string of the molecule is O=C(NC(c1ccccc1)C1CC1)C1CCN(C(=O)OCc2ccccc2)CC1. The van der Waals surface area contributed by atoms with Crippen molar-refractivity contribution in [3.8, 4) is 0 Å². The fourth-order valence-electron chi connectivity index (χ4n) is 3.97. The number of amides is 2. The predicted molar refractivity (Wildman–Crippen MR) is 111 cm³/mol. The lowest BCUT2D eigenvalue weighted by molar-refractivity contribution is -0.127. The van der Waals surface area contributed by atoms with E-state index in [-0.39, 0.29) is 30.6 Å². The minimum atomic E-state index is -0.298. The predicted octanol–water partition coefficient (Wildman–Crippen LogP) is 4.30. The Balaban J connectivity index is 1.25. The van der Waals surface area contributed by atoms with Gasteiger partial charge < -0.3 is 15.0 Å². The summed E-state index contributed by atoms with van der Waals surface area (Å²) in [6.07, 6.45) is 3.40. The number of rotatable bonds is 6. The standard InChI is InChI=1S/C24H28N2O3/c27-23(25-22(20-11-12-20)19-9-5-2-6-10-19)21-13-15-26(16-14-21)24(28)29-17-18-7-3-1-4-8-18/h1-10,20-22H,11-17H2,(H,25,27). The number of carbonyl (C=O) groups is 2. The Hall–Kier alpha value is -2.82. The van der Waals surface area contributed by atoms with Gasteiger partial charge in [-0.3, -0.25) is 4.79 Å². The van der Waals surface area contributed by atoms with Gasteiger partial charge >= 0.3 is 6.09 Å². The van der Waals surface area contributed by atoms with Crippen LogP contribution in [0.3, 0.4) is 0 Å². The molecule has 5 heteroatoms. The summed E-state index contributed by atoms with van der Waals surface area (Å²) in [6, 6.07) is 20.0. The molecule has 0 spiro atoms. The highest BCUT2D eigenvalue weighted by Gasteiger charge is 2.35. The van der Waals surface area contributed by atoms with Crippen molar-refractivity contribution in [2.75, 3.05) is 13.1 Å². The summed E-state index contributed by atoms with van der Waals surface area (Å²) in [4.78, 5) is 26.9. The van der Waals surface area contributed by atoms with E-state index in [2.05, 4.69) is 17.4 Å². The lowest BCUT2D eigenvalue weighted by Gasteiger charge is -2.31. The molecule has 152 valence electrons. The summed E-state index contributed by atoms with van der Waals surface area (Å²) in [6.45, 7) is 1.40. The number of piperidine rings is 1. The van der Waals surface area contributed by atoms with Gasteiger partial charge in [-0.05, 0) is 42.7 Å². The number of hydrogen-bond acceptors (Lipinski definition) is 3. The summed E-state index contributed by atoms with van der Waals surface area (Å²) in [5, 5.41) is 3.28. The fourth-order valence-corrected chi connectivity index (χ4v) is 3.97. The highest BCUT2D eigenvalue weighted by atomic mass is 16.6. The second-order valence-corrected chi connectivity index (χ2v) is 8.04. The van der Waals surface area contributed by atoms with Crippen LogP contribution >= 0.6 is 0 Å². The Bertz CT molecular complexity index is 813. The summed E-state index contributed by atoms with van der Waals surface area (Å²) in [5.74, 6) is 0.621. The molecule has 1 aliphatic heterocycles. The highest BCUT2D eigenvalue weighted by Crippen LogP contribution is 2.41. The zero-order valence-corrected chi connectivity index (χ0v) is 16.6. The molecule has 1 unspecified atom stereocenters. The monoisotopic (exact) mass is 392 g/mol. The Labute approximate surface area is 172 Å². The van der Waals surface area contributed by atoms with E-state index in [1.807, 2.05) is 48.5 Å². The topological polar surface area (TPSA) is 58.6 Å². The van der Waals surface area contributed by atoms with Crippen LogP contribution in [0.5, 0.6) is 0 Å². The minimum Gasteiger partial charge on any atom is -0.445 e. The first-order valence-corrected chi connectivity index (χ1v) is 10.5. The van der Waals surface area contributed by atoms with Crippen molar-refractivity contribution in [3.63, 3.8) is 0 Å². The third-order valence-electron chi connectivity index (χ3n) is 5.88. The van der Waals surface area contributed by atoms with Crippen molar-refractivity contribution < 1.29 is 14.3 Å². The van der Waals surface area contributed by atoms with Gasteiger partial charge in [-0.2, -0.15) is 0 Å². The van der Waals surface area contributed by atoms with Crippen LogP contribution in [0, 0.1) is 11.8 Å². The Morgan fingerprint density at radius 1 is 0.931 bits per heavy atom.